The molecule has 0 radical (unpaired) electrons. The monoisotopic (exact) mass is 239 g/mol. The molecule has 5 heteroatoms. The van der Waals surface area contributed by atoms with E-state index >= 15 is 0 Å². The minimum Gasteiger partial charge on any atom is -0.481 e. The van der Waals surface area contributed by atoms with Crippen molar-refractivity contribution >= 4 is 11.9 Å². The average molecular weight is 239 g/mol. The first-order chi connectivity index (χ1) is 8.04. The van der Waals surface area contributed by atoms with Gasteiger partial charge in [0.25, 0.3) is 0 Å². The quantitative estimate of drug-likeness (QED) is 0.747. The van der Waals surface area contributed by atoms with Gasteiger partial charge < -0.3 is 15.2 Å². The zero-order valence-electron chi connectivity index (χ0n) is 9.81. The van der Waals surface area contributed by atoms with Gasteiger partial charge >= 0.3 is 5.97 Å². The van der Waals surface area contributed by atoms with Gasteiger partial charge in [0.15, 0.2) is 0 Å². The lowest BCUT2D eigenvalue weighted by Gasteiger charge is -2.33. The third-order valence-electron chi connectivity index (χ3n) is 4.67. The standard InChI is InChI=1S/C12H17NO4/c1-6-7(2-3-17-6)10(14)13-9-5-12(11(15)16)4-8(9)12/h6-9H,2-5H2,1H3,(H,13,14)(H,15,16)/t6-,7-,8-,9+,12-/m0/s1. The van der Waals surface area contributed by atoms with Crippen LogP contribution >= 0.6 is 0 Å². The highest BCUT2D eigenvalue weighted by molar-refractivity contribution is 5.84. The molecule has 2 saturated carbocycles. The number of carbonyl (C=O) groups excluding carboxylic acids is 1. The van der Waals surface area contributed by atoms with Gasteiger partial charge in [0.2, 0.25) is 5.91 Å². The number of amides is 1. The van der Waals surface area contributed by atoms with Crippen molar-refractivity contribution in [3.8, 4) is 0 Å². The van der Waals surface area contributed by atoms with Crippen LogP contribution in [0.4, 0.5) is 0 Å². The molecule has 1 amide bonds. The van der Waals surface area contributed by atoms with Crippen LogP contribution in [0.25, 0.3) is 0 Å². The molecule has 3 fully saturated rings. The minimum absolute atomic E-state index is 0.0153. The summed E-state index contributed by atoms with van der Waals surface area (Å²) in [4.78, 5) is 22.9. The summed E-state index contributed by atoms with van der Waals surface area (Å²) in [6.07, 6.45) is 2.08. The van der Waals surface area contributed by atoms with Crippen LogP contribution in [0.1, 0.15) is 26.2 Å². The zero-order valence-corrected chi connectivity index (χ0v) is 9.81. The maximum absolute atomic E-state index is 12.0. The van der Waals surface area contributed by atoms with E-state index in [0.717, 1.165) is 12.8 Å². The molecule has 0 aromatic heterocycles. The number of aliphatic carboxylic acids is 1. The molecule has 3 aliphatic rings. The van der Waals surface area contributed by atoms with Crippen LogP contribution in [0.2, 0.25) is 0 Å². The number of carboxylic acid groups (broad SMARTS) is 1. The number of nitrogens with one attached hydrogen (secondary N) is 1. The summed E-state index contributed by atoms with van der Waals surface area (Å²) < 4.78 is 5.36. The maximum atomic E-state index is 12.0. The van der Waals surface area contributed by atoms with Crippen molar-refractivity contribution in [3.63, 3.8) is 0 Å². The van der Waals surface area contributed by atoms with E-state index < -0.39 is 11.4 Å². The first-order valence-electron chi connectivity index (χ1n) is 6.20. The Hall–Kier alpha value is -1.10. The average Bonchev–Trinajstić information content (AvgIpc) is 2.63. The first kappa shape index (κ1) is 11.0. The van der Waals surface area contributed by atoms with Crippen LogP contribution in [0.3, 0.4) is 0 Å². The Labute approximate surface area is 99.5 Å². The Bertz CT molecular complexity index is 383. The van der Waals surface area contributed by atoms with Crippen LogP contribution in [0.5, 0.6) is 0 Å². The molecule has 0 bridgehead atoms. The summed E-state index contributed by atoms with van der Waals surface area (Å²) in [5.41, 5.74) is -0.490. The molecule has 5 atom stereocenters. The molecule has 0 unspecified atom stereocenters. The van der Waals surface area contributed by atoms with Crippen LogP contribution in [-0.4, -0.2) is 35.7 Å². The first-order valence-corrected chi connectivity index (χ1v) is 6.20. The molecule has 0 spiro atoms. The van der Waals surface area contributed by atoms with Crippen molar-refractivity contribution < 1.29 is 19.4 Å². The van der Waals surface area contributed by atoms with E-state index in [9.17, 15) is 9.59 Å². The van der Waals surface area contributed by atoms with Crippen LogP contribution < -0.4 is 5.32 Å². The number of ether oxygens (including phenoxy) is 1. The van der Waals surface area contributed by atoms with Crippen LogP contribution in [0.15, 0.2) is 0 Å². The third kappa shape index (κ3) is 1.48. The summed E-state index contributed by atoms with van der Waals surface area (Å²) in [5, 5.41) is 12.0. The molecule has 5 nitrogen and oxygen atoms in total. The summed E-state index contributed by atoms with van der Waals surface area (Å²) in [6, 6.07) is 0.0754. The smallest absolute Gasteiger partial charge is 0.310 e. The number of hydrogen-bond donors (Lipinski definition) is 2. The number of carbonyl (C=O) groups is 2. The van der Waals surface area contributed by atoms with E-state index in [2.05, 4.69) is 5.32 Å². The lowest BCUT2D eigenvalue weighted by molar-refractivity contribution is -0.148. The van der Waals surface area contributed by atoms with Gasteiger partial charge in [-0.05, 0) is 32.1 Å². The molecule has 1 aliphatic heterocycles. The second kappa shape index (κ2) is 3.45. The van der Waals surface area contributed by atoms with Gasteiger partial charge in [0.05, 0.1) is 17.4 Å². The lowest BCUT2D eigenvalue weighted by Crippen LogP contribution is -2.50. The number of fused-ring (bicyclic) bond motifs is 1. The lowest BCUT2D eigenvalue weighted by atomic mass is 9.79. The van der Waals surface area contributed by atoms with Gasteiger partial charge in [-0.2, -0.15) is 0 Å². The molecule has 3 rings (SSSR count). The molecular weight excluding hydrogens is 222 g/mol. The van der Waals surface area contributed by atoms with Gasteiger partial charge in [-0.3, -0.25) is 9.59 Å². The molecule has 0 aromatic carbocycles. The second-order valence-electron chi connectivity index (χ2n) is 5.56. The third-order valence-corrected chi connectivity index (χ3v) is 4.67. The fraction of sp³-hybridized carbons (Fsp3) is 0.833. The predicted molar refractivity (Wildman–Crippen MR) is 58.2 cm³/mol. The molecule has 1 heterocycles. The fourth-order valence-electron chi connectivity index (χ4n) is 3.32. The van der Waals surface area contributed by atoms with E-state index in [-0.39, 0.29) is 29.9 Å². The number of hydrogen-bond acceptors (Lipinski definition) is 3. The molecule has 1 saturated heterocycles. The van der Waals surface area contributed by atoms with E-state index in [4.69, 9.17) is 9.84 Å². The van der Waals surface area contributed by atoms with Crippen molar-refractivity contribution in [2.24, 2.45) is 17.3 Å². The normalized spacial score (nSPS) is 46.9. The Balaban J connectivity index is 1.53. The highest BCUT2D eigenvalue weighted by atomic mass is 16.5. The van der Waals surface area contributed by atoms with Crippen molar-refractivity contribution in [1.29, 1.82) is 0 Å². The Kier molecular flexibility index (Phi) is 2.23. The summed E-state index contributed by atoms with van der Waals surface area (Å²) in [5.74, 6) is -0.563. The summed E-state index contributed by atoms with van der Waals surface area (Å²) in [7, 11) is 0. The van der Waals surface area contributed by atoms with Gasteiger partial charge in [0.1, 0.15) is 0 Å². The Morgan fingerprint density at radius 3 is 2.65 bits per heavy atom. The topological polar surface area (TPSA) is 75.6 Å². The second-order valence-corrected chi connectivity index (χ2v) is 5.56. The van der Waals surface area contributed by atoms with E-state index in [1.807, 2.05) is 6.92 Å². The molecule has 94 valence electrons. The zero-order chi connectivity index (χ0) is 12.2. The van der Waals surface area contributed by atoms with Gasteiger partial charge in [-0.25, -0.2) is 0 Å². The van der Waals surface area contributed by atoms with Crippen molar-refractivity contribution in [1.82, 2.24) is 5.32 Å². The van der Waals surface area contributed by atoms with E-state index in [0.29, 0.717) is 13.0 Å². The number of carboxylic acids is 1. The van der Waals surface area contributed by atoms with E-state index in [1.54, 1.807) is 0 Å². The minimum atomic E-state index is -0.703. The highest BCUT2D eigenvalue weighted by Crippen LogP contribution is 2.67. The van der Waals surface area contributed by atoms with Crippen LogP contribution in [0, 0.1) is 17.3 Å². The summed E-state index contributed by atoms with van der Waals surface area (Å²) >= 11 is 0. The van der Waals surface area contributed by atoms with Crippen molar-refractivity contribution in [2.75, 3.05) is 6.61 Å². The predicted octanol–water partition coefficient (Wildman–Crippen LogP) is 0.391. The Morgan fingerprint density at radius 2 is 2.18 bits per heavy atom. The number of rotatable bonds is 3. The summed E-state index contributed by atoms with van der Waals surface area (Å²) in [6.45, 7) is 2.56. The van der Waals surface area contributed by atoms with Crippen molar-refractivity contribution in [3.05, 3.63) is 0 Å². The SMILES string of the molecule is C[C@@H]1OCC[C@@H]1C(=O)N[C@@H]1C[C@@]2(C(=O)O)C[C@@H]12. The van der Waals surface area contributed by atoms with Gasteiger partial charge in [-0.15, -0.1) is 0 Å². The highest BCUT2D eigenvalue weighted by Gasteiger charge is 2.72. The molecule has 0 aromatic rings. The van der Waals surface area contributed by atoms with Gasteiger partial charge in [0, 0.05) is 12.6 Å². The maximum Gasteiger partial charge on any atom is 0.310 e. The van der Waals surface area contributed by atoms with Crippen molar-refractivity contribution in [2.45, 2.75) is 38.3 Å². The molecule has 2 aliphatic carbocycles. The Morgan fingerprint density at radius 1 is 1.41 bits per heavy atom. The molecular formula is C12H17NO4. The molecule has 2 N–H and O–H groups in total. The largest absolute Gasteiger partial charge is 0.481 e. The molecule has 17 heavy (non-hydrogen) atoms. The van der Waals surface area contributed by atoms with Crippen LogP contribution in [-0.2, 0) is 14.3 Å². The van der Waals surface area contributed by atoms with E-state index in [1.165, 1.54) is 0 Å². The fourth-order valence-corrected chi connectivity index (χ4v) is 3.32. The van der Waals surface area contributed by atoms with Gasteiger partial charge in [-0.1, -0.05) is 0 Å².